The van der Waals surface area contributed by atoms with Gasteiger partial charge >= 0.3 is 0 Å². The van der Waals surface area contributed by atoms with Gasteiger partial charge in [-0.15, -0.1) is 11.3 Å². The standard InChI is InChI=1S/C12H14ClN3O2S2/c1-7-11(8(2)16-20(14,17)18)19-12(15-7)9-3-5-10(13)6-4-9/h3-6,8,16H,1-2H3,(H2,14,17,18)/t8-/m0/s1. The summed E-state index contributed by atoms with van der Waals surface area (Å²) >= 11 is 7.28. The average Bonchev–Trinajstić information content (AvgIpc) is 2.70. The molecule has 5 nitrogen and oxygen atoms in total. The molecular formula is C12H14ClN3O2S2. The minimum absolute atomic E-state index is 0.413. The Labute approximate surface area is 127 Å². The average molecular weight is 332 g/mol. The zero-order chi connectivity index (χ0) is 14.9. The summed E-state index contributed by atoms with van der Waals surface area (Å²) in [6.45, 7) is 3.57. The number of hydrogen-bond donors (Lipinski definition) is 2. The van der Waals surface area contributed by atoms with Crippen molar-refractivity contribution in [3.8, 4) is 10.6 Å². The van der Waals surface area contributed by atoms with Gasteiger partial charge in [-0.05, 0) is 26.0 Å². The summed E-state index contributed by atoms with van der Waals surface area (Å²) in [4.78, 5) is 5.30. The number of benzene rings is 1. The molecule has 1 aromatic heterocycles. The molecule has 1 heterocycles. The van der Waals surface area contributed by atoms with Crippen molar-refractivity contribution in [1.29, 1.82) is 0 Å². The first-order valence-corrected chi connectivity index (χ1v) is 8.53. The highest BCUT2D eigenvalue weighted by Crippen LogP contribution is 2.32. The molecule has 20 heavy (non-hydrogen) atoms. The zero-order valence-electron chi connectivity index (χ0n) is 10.9. The largest absolute Gasteiger partial charge is 0.274 e. The molecule has 0 aliphatic heterocycles. The zero-order valence-corrected chi connectivity index (χ0v) is 13.3. The van der Waals surface area contributed by atoms with Gasteiger partial charge in [0.2, 0.25) is 0 Å². The Morgan fingerprint density at radius 1 is 1.35 bits per heavy atom. The normalized spacial score (nSPS) is 13.4. The number of aromatic nitrogens is 1. The first-order valence-electron chi connectivity index (χ1n) is 5.79. The van der Waals surface area contributed by atoms with Crippen LogP contribution < -0.4 is 9.86 Å². The van der Waals surface area contributed by atoms with E-state index in [1.807, 2.05) is 19.1 Å². The monoisotopic (exact) mass is 331 g/mol. The molecule has 2 rings (SSSR count). The summed E-state index contributed by atoms with van der Waals surface area (Å²) in [5.41, 5.74) is 1.72. The van der Waals surface area contributed by atoms with Gasteiger partial charge in [0.05, 0.1) is 11.7 Å². The van der Waals surface area contributed by atoms with Crippen LogP contribution in [-0.4, -0.2) is 13.4 Å². The first-order chi connectivity index (χ1) is 9.26. The second kappa shape index (κ2) is 5.79. The van der Waals surface area contributed by atoms with E-state index < -0.39 is 16.3 Å². The molecule has 108 valence electrons. The fourth-order valence-electron chi connectivity index (χ4n) is 1.83. The van der Waals surface area contributed by atoms with E-state index in [-0.39, 0.29) is 0 Å². The molecule has 0 saturated carbocycles. The van der Waals surface area contributed by atoms with E-state index in [1.54, 1.807) is 19.1 Å². The van der Waals surface area contributed by atoms with E-state index in [2.05, 4.69) is 9.71 Å². The lowest BCUT2D eigenvalue weighted by atomic mass is 10.2. The molecule has 0 aliphatic carbocycles. The third kappa shape index (κ3) is 3.77. The third-order valence-electron chi connectivity index (χ3n) is 2.66. The Hall–Kier alpha value is -0.990. The topological polar surface area (TPSA) is 85.1 Å². The highest BCUT2D eigenvalue weighted by Gasteiger charge is 2.18. The Morgan fingerprint density at radius 2 is 1.95 bits per heavy atom. The summed E-state index contributed by atoms with van der Waals surface area (Å²) in [6.07, 6.45) is 0. The van der Waals surface area contributed by atoms with Crippen LogP contribution in [0.25, 0.3) is 10.6 Å². The smallest absolute Gasteiger partial charge is 0.241 e. The molecule has 3 N–H and O–H groups in total. The van der Waals surface area contributed by atoms with Crippen LogP contribution in [0.5, 0.6) is 0 Å². The predicted octanol–water partition coefficient (Wildman–Crippen LogP) is 2.63. The van der Waals surface area contributed by atoms with Gasteiger partial charge in [0.25, 0.3) is 10.2 Å². The van der Waals surface area contributed by atoms with Crippen molar-refractivity contribution in [2.75, 3.05) is 0 Å². The molecule has 8 heteroatoms. The SMILES string of the molecule is Cc1nc(-c2ccc(Cl)cc2)sc1[C@H](C)NS(N)(=O)=O. The molecule has 0 radical (unpaired) electrons. The van der Waals surface area contributed by atoms with E-state index in [9.17, 15) is 8.42 Å². The van der Waals surface area contributed by atoms with Crippen molar-refractivity contribution >= 4 is 33.1 Å². The Morgan fingerprint density at radius 3 is 2.50 bits per heavy atom. The van der Waals surface area contributed by atoms with E-state index in [4.69, 9.17) is 16.7 Å². The number of rotatable bonds is 4. The molecule has 0 aliphatic rings. The number of nitrogens with one attached hydrogen (secondary N) is 1. The number of nitrogens with zero attached hydrogens (tertiary/aromatic N) is 1. The molecule has 0 unspecified atom stereocenters. The highest BCUT2D eigenvalue weighted by atomic mass is 35.5. The quantitative estimate of drug-likeness (QED) is 0.903. The molecule has 0 amide bonds. The fraction of sp³-hybridized carbons (Fsp3) is 0.250. The van der Waals surface area contributed by atoms with Crippen molar-refractivity contribution in [1.82, 2.24) is 9.71 Å². The lowest BCUT2D eigenvalue weighted by molar-refractivity contribution is 0.569. The number of aryl methyl sites for hydroxylation is 1. The van der Waals surface area contributed by atoms with Crippen molar-refractivity contribution in [3.63, 3.8) is 0 Å². The molecule has 0 fully saturated rings. The van der Waals surface area contributed by atoms with E-state index in [0.29, 0.717) is 5.02 Å². The van der Waals surface area contributed by atoms with Gasteiger partial charge in [0.15, 0.2) is 0 Å². The van der Waals surface area contributed by atoms with E-state index in [1.165, 1.54) is 11.3 Å². The number of halogens is 1. The predicted molar refractivity (Wildman–Crippen MR) is 82.0 cm³/mol. The van der Waals surface area contributed by atoms with Crippen LogP contribution in [0.1, 0.15) is 23.5 Å². The van der Waals surface area contributed by atoms with Gasteiger partial charge in [0.1, 0.15) is 5.01 Å². The van der Waals surface area contributed by atoms with Gasteiger partial charge in [-0.3, -0.25) is 0 Å². The van der Waals surface area contributed by atoms with Crippen LogP contribution in [-0.2, 0) is 10.2 Å². The van der Waals surface area contributed by atoms with Crippen LogP contribution in [0.3, 0.4) is 0 Å². The maximum Gasteiger partial charge on any atom is 0.274 e. The molecule has 1 atom stereocenters. The fourth-order valence-corrected chi connectivity index (χ4v) is 3.71. The van der Waals surface area contributed by atoms with Gasteiger partial charge < -0.3 is 0 Å². The molecule has 0 saturated heterocycles. The Balaban J connectivity index is 2.32. The lowest BCUT2D eigenvalue weighted by Gasteiger charge is -2.09. The molecule has 0 spiro atoms. The van der Waals surface area contributed by atoms with Crippen LogP contribution in [0.4, 0.5) is 0 Å². The molecule has 1 aromatic carbocycles. The van der Waals surface area contributed by atoms with E-state index >= 15 is 0 Å². The van der Waals surface area contributed by atoms with Crippen molar-refractivity contribution < 1.29 is 8.42 Å². The summed E-state index contributed by atoms with van der Waals surface area (Å²) in [6, 6.07) is 6.92. The second-order valence-electron chi connectivity index (χ2n) is 4.36. The first kappa shape index (κ1) is 15.4. The van der Waals surface area contributed by atoms with Crippen molar-refractivity contribution in [2.45, 2.75) is 19.9 Å². The summed E-state index contributed by atoms with van der Waals surface area (Å²) in [7, 11) is -3.74. The van der Waals surface area contributed by atoms with Crippen LogP contribution in [0, 0.1) is 6.92 Å². The number of nitrogens with two attached hydrogens (primary N) is 1. The summed E-state index contributed by atoms with van der Waals surface area (Å²) in [5.74, 6) is 0. The Bertz CT molecular complexity index is 711. The summed E-state index contributed by atoms with van der Waals surface area (Å²) < 4.78 is 24.5. The minimum Gasteiger partial charge on any atom is -0.241 e. The van der Waals surface area contributed by atoms with Crippen LogP contribution in [0.2, 0.25) is 5.02 Å². The number of hydrogen-bond acceptors (Lipinski definition) is 4. The van der Waals surface area contributed by atoms with Gasteiger partial charge in [-0.2, -0.15) is 13.1 Å². The van der Waals surface area contributed by atoms with Crippen molar-refractivity contribution in [2.24, 2.45) is 5.14 Å². The van der Waals surface area contributed by atoms with E-state index in [0.717, 1.165) is 21.1 Å². The second-order valence-corrected chi connectivity index (χ2v) is 7.15. The maximum atomic E-state index is 11.1. The van der Waals surface area contributed by atoms with Crippen LogP contribution >= 0.6 is 22.9 Å². The third-order valence-corrected chi connectivity index (χ3v) is 4.98. The van der Waals surface area contributed by atoms with Crippen LogP contribution in [0.15, 0.2) is 24.3 Å². The summed E-state index contributed by atoms with van der Waals surface area (Å²) in [5, 5.41) is 6.46. The molecule has 2 aromatic rings. The van der Waals surface area contributed by atoms with Crippen molar-refractivity contribution in [3.05, 3.63) is 39.9 Å². The Kier molecular flexibility index (Phi) is 4.46. The van der Waals surface area contributed by atoms with Gasteiger partial charge in [0, 0.05) is 15.5 Å². The lowest BCUT2D eigenvalue weighted by Crippen LogP contribution is -2.32. The van der Waals surface area contributed by atoms with Gasteiger partial charge in [-0.1, -0.05) is 23.7 Å². The number of thiazole rings is 1. The highest BCUT2D eigenvalue weighted by molar-refractivity contribution is 7.87. The minimum atomic E-state index is -3.74. The van der Waals surface area contributed by atoms with Gasteiger partial charge in [-0.25, -0.2) is 10.1 Å². The molecule has 0 bridgehead atoms. The maximum absolute atomic E-state index is 11.1. The molecular weight excluding hydrogens is 318 g/mol.